The molecular weight excluding hydrogens is 373 g/mol. The van der Waals surface area contributed by atoms with E-state index < -0.39 is 5.31 Å². The van der Waals surface area contributed by atoms with Gasteiger partial charge in [-0.2, -0.15) is 0 Å². The summed E-state index contributed by atoms with van der Waals surface area (Å²) in [6.45, 7) is 3.83. The highest BCUT2D eigenvalue weighted by Gasteiger charge is 2.40. The molecular formula is C19H26BN5O2S. The zero-order valence-corrected chi connectivity index (χ0v) is 17.2. The summed E-state index contributed by atoms with van der Waals surface area (Å²) in [5, 5.41) is 7.82. The quantitative estimate of drug-likeness (QED) is 0.339. The van der Waals surface area contributed by atoms with Crippen LogP contribution in [0.2, 0.25) is 5.31 Å². The van der Waals surface area contributed by atoms with E-state index in [-0.39, 0.29) is 10.8 Å². The van der Waals surface area contributed by atoms with Gasteiger partial charge in [-0.15, -0.1) is 0 Å². The number of ether oxygens (including phenoxy) is 2. The summed E-state index contributed by atoms with van der Waals surface area (Å²) < 4.78 is 10.7. The van der Waals surface area contributed by atoms with Crippen molar-refractivity contribution >= 4 is 36.7 Å². The van der Waals surface area contributed by atoms with E-state index in [0.717, 1.165) is 49.5 Å². The van der Waals surface area contributed by atoms with E-state index >= 15 is 0 Å². The number of piperazine rings is 1. The molecule has 2 aliphatic rings. The topological polar surface area (TPSA) is 87.2 Å². The van der Waals surface area contributed by atoms with Crippen molar-refractivity contribution in [3.05, 3.63) is 23.8 Å². The Labute approximate surface area is 172 Å². The van der Waals surface area contributed by atoms with Crippen molar-refractivity contribution in [1.82, 2.24) is 9.80 Å². The van der Waals surface area contributed by atoms with Crippen molar-refractivity contribution in [2.24, 2.45) is 10.7 Å². The van der Waals surface area contributed by atoms with Crippen molar-refractivity contribution in [1.29, 1.82) is 5.41 Å². The standard InChI is InChI=1S/C19H26BN5O2S/c1-26-14-4-3-13(15(11-14)27-2)12-24-7-9-25(10-8-24)16(21)17(28)23-18(22)19(20)5-6-19/h3-4,11,21H,5-10,12H2,1-2H3,(H2,22,23,28). The Morgan fingerprint density at radius 1 is 1.25 bits per heavy atom. The van der Waals surface area contributed by atoms with Crippen LogP contribution in [0, 0.1) is 5.41 Å². The number of nitrogens with zero attached hydrogens (tertiary/aromatic N) is 3. The highest BCUT2D eigenvalue weighted by Crippen LogP contribution is 2.50. The van der Waals surface area contributed by atoms with Crippen LogP contribution in [0.25, 0.3) is 0 Å². The number of thiocarbonyl (C=S) groups is 1. The summed E-state index contributed by atoms with van der Waals surface area (Å²) in [5.74, 6) is 2.17. The maximum atomic E-state index is 8.33. The Hall–Kier alpha value is -2.13. The normalized spacial score (nSPS) is 19.2. The lowest BCUT2D eigenvalue weighted by Crippen LogP contribution is -2.49. The van der Waals surface area contributed by atoms with Crippen molar-refractivity contribution in [2.75, 3.05) is 40.4 Å². The second kappa shape index (κ2) is 8.49. The SMILES string of the molecule is [B]C1(C(N)=NC(=S)C(=N)N2CCN(Cc3ccc(OC)cc3OC)CC2)CC1. The minimum Gasteiger partial charge on any atom is -0.497 e. The number of amidine groups is 2. The molecule has 1 saturated heterocycles. The second-order valence-electron chi connectivity index (χ2n) is 7.25. The summed E-state index contributed by atoms with van der Waals surface area (Å²) >= 11 is 5.29. The molecule has 9 heteroatoms. The number of benzene rings is 1. The molecule has 1 saturated carbocycles. The van der Waals surface area contributed by atoms with Gasteiger partial charge in [0.1, 0.15) is 11.5 Å². The average Bonchev–Trinajstić information content (AvgIpc) is 3.47. The summed E-state index contributed by atoms with van der Waals surface area (Å²) in [6, 6.07) is 5.86. The minimum absolute atomic E-state index is 0.208. The molecule has 1 aromatic carbocycles. The largest absolute Gasteiger partial charge is 0.497 e. The Bertz CT molecular complexity index is 789. The number of aliphatic imine (C=N–C) groups is 1. The van der Waals surface area contributed by atoms with Crippen molar-refractivity contribution in [3.8, 4) is 11.5 Å². The lowest BCUT2D eigenvalue weighted by Gasteiger charge is -2.36. The first kappa shape index (κ1) is 20.6. The van der Waals surface area contributed by atoms with Gasteiger partial charge in [-0.05, 0) is 24.2 Å². The summed E-state index contributed by atoms with van der Waals surface area (Å²) in [4.78, 5) is 8.68. The first-order valence-electron chi connectivity index (χ1n) is 9.31. The van der Waals surface area contributed by atoms with Crippen LogP contribution in [0.5, 0.6) is 11.5 Å². The van der Waals surface area contributed by atoms with Gasteiger partial charge in [0.25, 0.3) is 0 Å². The van der Waals surface area contributed by atoms with Crippen molar-refractivity contribution in [2.45, 2.75) is 24.7 Å². The first-order valence-corrected chi connectivity index (χ1v) is 9.72. The third kappa shape index (κ3) is 4.64. The Morgan fingerprint density at radius 2 is 1.93 bits per heavy atom. The van der Waals surface area contributed by atoms with Crippen molar-refractivity contribution < 1.29 is 9.47 Å². The van der Waals surface area contributed by atoms with Crippen LogP contribution < -0.4 is 15.2 Å². The molecule has 3 rings (SSSR count). The van der Waals surface area contributed by atoms with Gasteiger partial charge in [0.2, 0.25) is 0 Å². The number of methoxy groups -OCH3 is 2. The van der Waals surface area contributed by atoms with Gasteiger partial charge in [-0.1, -0.05) is 18.3 Å². The maximum absolute atomic E-state index is 8.33. The number of nitrogens with two attached hydrogens (primary N) is 1. The molecule has 28 heavy (non-hydrogen) atoms. The van der Waals surface area contributed by atoms with Crippen LogP contribution in [-0.4, -0.2) is 74.7 Å². The fourth-order valence-electron chi connectivity index (χ4n) is 3.15. The predicted molar refractivity (Wildman–Crippen MR) is 116 cm³/mol. The van der Waals surface area contributed by atoms with E-state index in [1.54, 1.807) is 14.2 Å². The van der Waals surface area contributed by atoms with Gasteiger partial charge in [-0.3, -0.25) is 10.3 Å². The molecule has 0 aromatic heterocycles. The smallest absolute Gasteiger partial charge is 0.170 e. The molecule has 2 radical (unpaired) electrons. The third-order valence-electron chi connectivity index (χ3n) is 5.30. The Balaban J connectivity index is 1.54. The molecule has 2 fully saturated rings. The van der Waals surface area contributed by atoms with E-state index in [1.165, 1.54) is 0 Å². The first-order chi connectivity index (χ1) is 13.4. The third-order valence-corrected chi connectivity index (χ3v) is 5.58. The van der Waals surface area contributed by atoms with Crippen LogP contribution in [-0.2, 0) is 6.54 Å². The molecule has 0 amide bonds. The van der Waals surface area contributed by atoms with Crippen LogP contribution in [0.15, 0.2) is 23.2 Å². The van der Waals surface area contributed by atoms with Gasteiger partial charge in [0.05, 0.1) is 27.9 Å². The van der Waals surface area contributed by atoms with E-state index in [0.29, 0.717) is 18.9 Å². The molecule has 0 unspecified atom stereocenters. The fraction of sp³-hybridized carbons (Fsp3) is 0.526. The lowest BCUT2D eigenvalue weighted by atomic mass is 9.82. The van der Waals surface area contributed by atoms with Gasteiger partial charge in [0, 0.05) is 44.4 Å². The van der Waals surface area contributed by atoms with E-state index in [2.05, 4.69) is 9.89 Å². The molecule has 148 valence electrons. The molecule has 0 atom stereocenters. The number of nitrogens with one attached hydrogen (secondary N) is 1. The molecule has 0 bridgehead atoms. The predicted octanol–water partition coefficient (Wildman–Crippen LogP) is 1.60. The van der Waals surface area contributed by atoms with Crippen LogP contribution >= 0.6 is 12.2 Å². The highest BCUT2D eigenvalue weighted by molar-refractivity contribution is 7.82. The average molecular weight is 399 g/mol. The van der Waals surface area contributed by atoms with Gasteiger partial charge >= 0.3 is 0 Å². The summed E-state index contributed by atoms with van der Waals surface area (Å²) in [6.07, 6.45) is 1.65. The molecule has 1 heterocycles. The lowest BCUT2D eigenvalue weighted by molar-refractivity contribution is 0.174. The van der Waals surface area contributed by atoms with E-state index in [1.807, 2.05) is 23.1 Å². The van der Waals surface area contributed by atoms with E-state index in [9.17, 15) is 0 Å². The zero-order chi connectivity index (χ0) is 20.3. The summed E-state index contributed by atoms with van der Waals surface area (Å²) in [5.41, 5.74) is 7.04. The molecule has 1 aliphatic heterocycles. The fourth-order valence-corrected chi connectivity index (χ4v) is 3.38. The minimum atomic E-state index is -0.513. The molecule has 3 N–H and O–H groups in total. The number of hydrogen-bond donors (Lipinski definition) is 2. The molecule has 1 aliphatic carbocycles. The van der Waals surface area contributed by atoms with E-state index in [4.69, 9.17) is 40.7 Å². The zero-order valence-electron chi connectivity index (χ0n) is 16.4. The molecule has 7 nitrogen and oxygen atoms in total. The molecule has 0 spiro atoms. The van der Waals surface area contributed by atoms with Crippen LogP contribution in [0.4, 0.5) is 0 Å². The maximum Gasteiger partial charge on any atom is 0.170 e. The van der Waals surface area contributed by atoms with Gasteiger partial charge in [0.15, 0.2) is 10.8 Å². The van der Waals surface area contributed by atoms with Gasteiger partial charge < -0.3 is 20.1 Å². The Morgan fingerprint density at radius 3 is 2.50 bits per heavy atom. The number of rotatable bonds is 5. The monoisotopic (exact) mass is 399 g/mol. The van der Waals surface area contributed by atoms with Crippen molar-refractivity contribution in [3.63, 3.8) is 0 Å². The Kier molecular flexibility index (Phi) is 6.25. The summed E-state index contributed by atoms with van der Waals surface area (Å²) in [7, 11) is 9.33. The highest BCUT2D eigenvalue weighted by atomic mass is 32.1. The van der Waals surface area contributed by atoms with Crippen LogP contribution in [0.3, 0.4) is 0 Å². The molecule has 1 aromatic rings. The van der Waals surface area contributed by atoms with Crippen LogP contribution in [0.1, 0.15) is 18.4 Å². The second-order valence-corrected chi connectivity index (χ2v) is 7.63. The van der Waals surface area contributed by atoms with Gasteiger partial charge in [-0.25, -0.2) is 4.99 Å². The number of hydrogen-bond acceptors (Lipinski definition) is 5.